The van der Waals surface area contributed by atoms with Crippen molar-refractivity contribution < 1.29 is 47.7 Å². The lowest BCUT2D eigenvalue weighted by atomic mass is 9.97. The number of fused-ring (bicyclic) bond motifs is 2. The number of ether oxygens (including phenoxy) is 4. The first-order valence-electron chi connectivity index (χ1n) is 17.6. The van der Waals surface area contributed by atoms with Gasteiger partial charge in [-0.25, -0.2) is 9.59 Å². The van der Waals surface area contributed by atoms with Crippen LogP contribution in [-0.4, -0.2) is 78.4 Å². The molecule has 4 atom stereocenters. The van der Waals surface area contributed by atoms with Crippen molar-refractivity contribution in [2.45, 2.75) is 65.1 Å². The van der Waals surface area contributed by atoms with Crippen LogP contribution in [0, 0.1) is 0 Å². The molecule has 4 aromatic rings. The molecule has 14 heteroatoms. The average Bonchev–Trinajstić information content (AvgIpc) is 3.17. The van der Waals surface area contributed by atoms with Crippen molar-refractivity contribution in [2.24, 2.45) is 0 Å². The Morgan fingerprint density at radius 3 is 1.62 bits per heavy atom. The lowest BCUT2D eigenvalue weighted by Crippen LogP contribution is -2.43. The Hall–Kier alpha value is -5.08. The Bertz CT molecular complexity index is 2070. The fraction of sp³-hybridized carbons (Fsp3) is 0.366. The standard InChI is InChI=1S/C41H46N2O10S2/c1-8-52-38(46)35(42-25(4)44)21-54-41(49)24(3)28-10-12-31-19-37(51-7)33(17-32(31)16-28)20-53-39(47)36(43-26(5)45)22-55-40(48)23(2)27-9-11-30-18-34(50-6)14-13-29(30)15-27/h9-19,23-24,35-36H,8,20-22H2,1-7H3,(H,42,44)(H,43,45)/t23?,24?,35-,36-/m1/s1. The van der Waals surface area contributed by atoms with Gasteiger partial charge in [0.15, 0.2) is 10.2 Å². The Morgan fingerprint density at radius 1 is 0.618 bits per heavy atom. The number of thioether (sulfide) groups is 2. The van der Waals surface area contributed by atoms with E-state index >= 15 is 0 Å². The van der Waals surface area contributed by atoms with Gasteiger partial charge < -0.3 is 29.6 Å². The minimum absolute atomic E-state index is 0.0217. The molecule has 0 spiro atoms. The summed E-state index contributed by atoms with van der Waals surface area (Å²) in [6, 6.07) is 18.6. The van der Waals surface area contributed by atoms with E-state index in [-0.39, 0.29) is 35.0 Å². The highest BCUT2D eigenvalue weighted by Gasteiger charge is 2.27. The Kier molecular flexibility index (Phi) is 15.5. The Balaban J connectivity index is 1.42. The van der Waals surface area contributed by atoms with E-state index in [0.29, 0.717) is 11.3 Å². The predicted octanol–water partition coefficient (Wildman–Crippen LogP) is 6.05. The molecular weight excluding hydrogens is 745 g/mol. The molecule has 0 aliphatic heterocycles. The van der Waals surface area contributed by atoms with Crippen LogP contribution in [0.5, 0.6) is 11.5 Å². The zero-order valence-electron chi connectivity index (χ0n) is 31.9. The Labute approximate surface area is 328 Å². The number of carbonyl (C=O) groups is 6. The van der Waals surface area contributed by atoms with E-state index < -0.39 is 47.7 Å². The topological polar surface area (TPSA) is 163 Å². The van der Waals surface area contributed by atoms with Crippen molar-refractivity contribution in [1.82, 2.24) is 10.6 Å². The van der Waals surface area contributed by atoms with Crippen LogP contribution in [0.1, 0.15) is 63.1 Å². The molecule has 0 fully saturated rings. The first-order valence-corrected chi connectivity index (χ1v) is 19.6. The molecular formula is C41H46N2O10S2. The molecule has 0 aromatic heterocycles. The van der Waals surface area contributed by atoms with Crippen LogP contribution >= 0.6 is 23.5 Å². The van der Waals surface area contributed by atoms with Crippen LogP contribution in [0.2, 0.25) is 0 Å². The minimum Gasteiger partial charge on any atom is -0.497 e. The van der Waals surface area contributed by atoms with Gasteiger partial charge in [0.1, 0.15) is 30.2 Å². The Morgan fingerprint density at radius 2 is 1.11 bits per heavy atom. The van der Waals surface area contributed by atoms with E-state index in [2.05, 4.69) is 10.6 Å². The normalized spacial score (nSPS) is 13.2. The van der Waals surface area contributed by atoms with Gasteiger partial charge in [-0.2, -0.15) is 0 Å². The smallest absolute Gasteiger partial charge is 0.329 e. The van der Waals surface area contributed by atoms with Crippen LogP contribution in [0.25, 0.3) is 21.5 Å². The summed E-state index contributed by atoms with van der Waals surface area (Å²) in [5.41, 5.74) is 2.09. The lowest BCUT2D eigenvalue weighted by molar-refractivity contribution is -0.148. The number of amides is 2. The van der Waals surface area contributed by atoms with Crippen molar-refractivity contribution in [3.05, 3.63) is 83.4 Å². The molecule has 0 heterocycles. The highest BCUT2D eigenvalue weighted by atomic mass is 32.2. The van der Waals surface area contributed by atoms with E-state index in [4.69, 9.17) is 18.9 Å². The van der Waals surface area contributed by atoms with Crippen LogP contribution in [0.15, 0.2) is 66.7 Å². The number of hydrogen-bond acceptors (Lipinski definition) is 12. The number of nitrogens with one attached hydrogen (secondary N) is 2. The molecule has 292 valence electrons. The van der Waals surface area contributed by atoms with E-state index in [1.54, 1.807) is 40.0 Å². The summed E-state index contributed by atoms with van der Waals surface area (Å²) in [7, 11) is 3.10. The molecule has 2 unspecified atom stereocenters. The summed E-state index contributed by atoms with van der Waals surface area (Å²) >= 11 is 1.88. The highest BCUT2D eigenvalue weighted by molar-refractivity contribution is 8.14. The van der Waals surface area contributed by atoms with E-state index in [9.17, 15) is 28.8 Å². The third-order valence-corrected chi connectivity index (χ3v) is 11.1. The maximum atomic E-state index is 13.3. The van der Waals surface area contributed by atoms with Gasteiger partial charge in [0, 0.05) is 30.9 Å². The summed E-state index contributed by atoms with van der Waals surface area (Å²) in [4.78, 5) is 75.7. The van der Waals surface area contributed by atoms with Gasteiger partial charge in [0.2, 0.25) is 11.8 Å². The fourth-order valence-electron chi connectivity index (χ4n) is 5.73. The monoisotopic (exact) mass is 790 g/mol. The molecule has 0 radical (unpaired) electrons. The first-order chi connectivity index (χ1) is 26.2. The molecule has 0 aliphatic carbocycles. The van der Waals surface area contributed by atoms with Gasteiger partial charge in [-0.1, -0.05) is 79.8 Å². The molecule has 0 saturated carbocycles. The van der Waals surface area contributed by atoms with Gasteiger partial charge in [-0.15, -0.1) is 0 Å². The third-order valence-electron chi connectivity index (χ3n) is 8.81. The summed E-state index contributed by atoms with van der Waals surface area (Å²) < 4.78 is 21.6. The van der Waals surface area contributed by atoms with Gasteiger partial charge in [0.05, 0.1) is 32.7 Å². The lowest BCUT2D eigenvalue weighted by Gasteiger charge is -2.19. The largest absolute Gasteiger partial charge is 0.497 e. The summed E-state index contributed by atoms with van der Waals surface area (Å²) in [5, 5.41) is 8.30. The third kappa shape index (κ3) is 11.7. The summed E-state index contributed by atoms with van der Waals surface area (Å²) in [6.07, 6.45) is 0. The van der Waals surface area contributed by atoms with E-state index in [1.165, 1.54) is 21.0 Å². The van der Waals surface area contributed by atoms with Crippen LogP contribution in [0.4, 0.5) is 0 Å². The maximum absolute atomic E-state index is 13.3. The van der Waals surface area contributed by atoms with Crippen molar-refractivity contribution in [1.29, 1.82) is 0 Å². The number of benzene rings is 4. The van der Waals surface area contributed by atoms with Crippen LogP contribution < -0.4 is 20.1 Å². The van der Waals surface area contributed by atoms with Crippen molar-refractivity contribution in [2.75, 3.05) is 32.3 Å². The quantitative estimate of drug-likeness (QED) is 0.119. The van der Waals surface area contributed by atoms with E-state index in [0.717, 1.165) is 61.9 Å². The maximum Gasteiger partial charge on any atom is 0.329 e. The van der Waals surface area contributed by atoms with Gasteiger partial charge >= 0.3 is 11.9 Å². The molecule has 4 rings (SSSR count). The number of rotatable bonds is 17. The second-order valence-electron chi connectivity index (χ2n) is 12.8. The molecule has 0 saturated heterocycles. The van der Waals surface area contributed by atoms with Gasteiger partial charge in [0.25, 0.3) is 0 Å². The molecule has 2 amide bonds. The average molecular weight is 791 g/mol. The second kappa shape index (κ2) is 20.0. The zero-order valence-corrected chi connectivity index (χ0v) is 33.5. The minimum atomic E-state index is -1.08. The molecule has 2 N–H and O–H groups in total. The number of hydrogen-bond donors (Lipinski definition) is 2. The fourth-order valence-corrected chi connectivity index (χ4v) is 7.60. The zero-order chi connectivity index (χ0) is 40.2. The highest BCUT2D eigenvalue weighted by Crippen LogP contribution is 2.32. The molecule has 4 aromatic carbocycles. The van der Waals surface area contributed by atoms with Crippen LogP contribution in [0.3, 0.4) is 0 Å². The molecule has 12 nitrogen and oxygen atoms in total. The van der Waals surface area contributed by atoms with Crippen molar-refractivity contribution in [3.8, 4) is 11.5 Å². The SMILES string of the molecule is CCOC(=O)[C@@H](CSC(=O)C(C)c1ccc2cc(OC)c(COC(=O)[C@@H](CSC(=O)C(C)c3ccc4cc(OC)ccc4c3)NC(C)=O)cc2c1)NC(C)=O. The second-order valence-corrected chi connectivity index (χ2v) is 14.9. The van der Waals surface area contributed by atoms with Crippen molar-refractivity contribution >= 4 is 79.1 Å². The van der Waals surface area contributed by atoms with Gasteiger partial charge in [-0.3, -0.25) is 19.2 Å². The predicted molar refractivity (Wildman–Crippen MR) is 214 cm³/mol. The summed E-state index contributed by atoms with van der Waals surface area (Å²) in [6.45, 7) is 7.76. The summed E-state index contributed by atoms with van der Waals surface area (Å²) in [5.74, 6) is -2.00. The number of carbonyl (C=O) groups excluding carboxylic acids is 6. The van der Waals surface area contributed by atoms with E-state index in [1.807, 2.05) is 54.6 Å². The number of esters is 2. The molecule has 0 bridgehead atoms. The van der Waals surface area contributed by atoms with Crippen molar-refractivity contribution in [3.63, 3.8) is 0 Å². The number of methoxy groups -OCH3 is 2. The molecule has 55 heavy (non-hydrogen) atoms. The molecule has 0 aliphatic rings. The van der Waals surface area contributed by atoms with Gasteiger partial charge in [-0.05, 0) is 63.9 Å². The first kappa shape index (κ1) is 42.7. The van der Waals surface area contributed by atoms with Crippen LogP contribution in [-0.2, 0) is 44.8 Å².